The van der Waals surface area contributed by atoms with Gasteiger partial charge in [-0.05, 0) is 91.1 Å². The minimum Gasteiger partial charge on any atom is -0.466 e. The van der Waals surface area contributed by atoms with Crippen LogP contribution in [-0.4, -0.2) is 60.9 Å². The number of nitrogens with zero attached hydrogens (tertiary/aromatic N) is 1. The summed E-state index contributed by atoms with van der Waals surface area (Å²) in [5.74, 6) is -0.0431. The van der Waals surface area contributed by atoms with Crippen molar-refractivity contribution in [1.29, 1.82) is 0 Å². The lowest BCUT2D eigenvalue weighted by Gasteiger charge is -2.27. The zero-order valence-corrected chi connectivity index (χ0v) is 35.8. The largest absolute Gasteiger partial charge is 0.466 e. The van der Waals surface area contributed by atoms with Gasteiger partial charge in [0, 0.05) is 13.0 Å². The molecule has 0 heterocycles. The van der Waals surface area contributed by atoms with Gasteiger partial charge in [0.25, 0.3) is 0 Å². The van der Waals surface area contributed by atoms with Gasteiger partial charge in [0.1, 0.15) is 6.10 Å². The SMILES string of the molecule is CCCCCCCCCCCC(=O)OCCCCCN(CCO)CCCCCCC(C)(C)C(=O)OC(CCCCCCCC)CCCCCCCC. The minimum atomic E-state index is -0.439. The third-order valence-electron chi connectivity index (χ3n) is 10.9. The fraction of sp³-hybridized carbons (Fsp3) is 0.957. The first-order valence-electron chi connectivity index (χ1n) is 23.0. The molecule has 0 radical (unpaired) electrons. The van der Waals surface area contributed by atoms with Crippen molar-refractivity contribution >= 4 is 11.9 Å². The molecule has 0 saturated carbocycles. The maximum absolute atomic E-state index is 13.3. The van der Waals surface area contributed by atoms with Gasteiger partial charge in [-0.2, -0.15) is 0 Å². The predicted molar refractivity (Wildman–Crippen MR) is 223 cm³/mol. The Morgan fingerprint density at radius 2 is 0.962 bits per heavy atom. The molecule has 0 atom stereocenters. The Balaban J connectivity index is 4.19. The van der Waals surface area contributed by atoms with Crippen LogP contribution in [0.1, 0.15) is 240 Å². The Bertz CT molecular complexity index is 756. The molecule has 6 heteroatoms. The second kappa shape index (κ2) is 38.1. The number of rotatable bonds is 41. The third-order valence-corrected chi connectivity index (χ3v) is 10.9. The van der Waals surface area contributed by atoms with Gasteiger partial charge < -0.3 is 19.5 Å². The second-order valence-electron chi connectivity index (χ2n) is 16.6. The summed E-state index contributed by atoms with van der Waals surface area (Å²) in [4.78, 5) is 27.8. The maximum atomic E-state index is 13.3. The van der Waals surface area contributed by atoms with E-state index in [-0.39, 0.29) is 24.6 Å². The molecule has 52 heavy (non-hydrogen) atoms. The van der Waals surface area contributed by atoms with E-state index in [1.165, 1.54) is 122 Å². The Labute approximate surface area is 324 Å². The quantitative estimate of drug-likeness (QED) is 0.0497. The minimum absolute atomic E-state index is 0.00263. The molecule has 6 nitrogen and oxygen atoms in total. The zero-order chi connectivity index (χ0) is 38.4. The normalized spacial score (nSPS) is 11.9. The summed E-state index contributed by atoms with van der Waals surface area (Å²) < 4.78 is 11.7. The second-order valence-corrected chi connectivity index (χ2v) is 16.6. The summed E-state index contributed by atoms with van der Waals surface area (Å²) in [6.07, 6.45) is 37.5. The highest BCUT2D eigenvalue weighted by Crippen LogP contribution is 2.28. The highest BCUT2D eigenvalue weighted by molar-refractivity contribution is 5.76. The van der Waals surface area contributed by atoms with Crippen molar-refractivity contribution < 1.29 is 24.2 Å². The number of aliphatic hydroxyl groups excluding tert-OH is 1. The van der Waals surface area contributed by atoms with Gasteiger partial charge in [0.15, 0.2) is 0 Å². The average Bonchev–Trinajstić information content (AvgIpc) is 3.12. The number of esters is 2. The molecule has 0 spiro atoms. The first kappa shape index (κ1) is 50.9. The van der Waals surface area contributed by atoms with Gasteiger partial charge in [-0.25, -0.2) is 0 Å². The fourth-order valence-corrected chi connectivity index (χ4v) is 7.16. The molecule has 1 N–H and O–H groups in total. The van der Waals surface area contributed by atoms with E-state index < -0.39 is 5.41 Å². The number of ether oxygens (including phenoxy) is 2. The van der Waals surface area contributed by atoms with Crippen LogP contribution in [-0.2, 0) is 19.1 Å². The Hall–Kier alpha value is -1.14. The molecular formula is C46H91NO5. The van der Waals surface area contributed by atoms with E-state index in [1.807, 2.05) is 0 Å². The molecule has 0 aromatic carbocycles. The number of hydrogen-bond donors (Lipinski definition) is 1. The number of carbonyl (C=O) groups excluding carboxylic acids is 2. The topological polar surface area (TPSA) is 76.1 Å². The van der Waals surface area contributed by atoms with Crippen molar-refractivity contribution in [2.24, 2.45) is 5.41 Å². The Morgan fingerprint density at radius 1 is 0.538 bits per heavy atom. The van der Waals surface area contributed by atoms with Crippen molar-refractivity contribution in [2.75, 3.05) is 32.8 Å². The molecule has 0 unspecified atom stereocenters. The first-order valence-corrected chi connectivity index (χ1v) is 23.0. The van der Waals surface area contributed by atoms with Crippen LogP contribution in [0.2, 0.25) is 0 Å². The standard InChI is InChI=1S/C46H91NO5/c1-6-9-12-15-18-19-20-23-29-36-44(49)51-42-33-26-32-39-47(40-41-48)38-31-25-24-30-37-46(4,5)45(50)52-43(34-27-21-16-13-10-7-2)35-28-22-17-14-11-8-3/h43,48H,6-42H2,1-5H3. The van der Waals surface area contributed by atoms with Gasteiger partial charge in [-0.15, -0.1) is 0 Å². The van der Waals surface area contributed by atoms with E-state index in [1.54, 1.807) is 0 Å². The number of hydrogen-bond acceptors (Lipinski definition) is 6. The molecule has 0 aliphatic carbocycles. The smallest absolute Gasteiger partial charge is 0.311 e. The van der Waals surface area contributed by atoms with Gasteiger partial charge in [-0.3, -0.25) is 9.59 Å². The molecule has 0 aromatic rings. The lowest BCUT2D eigenvalue weighted by molar-refractivity contribution is -0.161. The Kier molecular flexibility index (Phi) is 37.3. The maximum Gasteiger partial charge on any atom is 0.311 e. The molecule has 0 aromatic heterocycles. The van der Waals surface area contributed by atoms with Gasteiger partial charge >= 0.3 is 11.9 Å². The molecule has 0 bridgehead atoms. The highest BCUT2D eigenvalue weighted by atomic mass is 16.5. The molecule has 0 amide bonds. The Morgan fingerprint density at radius 3 is 1.46 bits per heavy atom. The van der Waals surface area contributed by atoms with E-state index in [2.05, 4.69) is 39.5 Å². The van der Waals surface area contributed by atoms with Crippen LogP contribution < -0.4 is 0 Å². The average molecular weight is 738 g/mol. The summed E-state index contributed by atoms with van der Waals surface area (Å²) >= 11 is 0. The van der Waals surface area contributed by atoms with Gasteiger partial charge in [-0.1, -0.05) is 156 Å². The van der Waals surface area contributed by atoms with E-state index in [0.717, 1.165) is 90.1 Å². The summed E-state index contributed by atoms with van der Waals surface area (Å²) in [6, 6.07) is 0. The van der Waals surface area contributed by atoms with Crippen LogP contribution in [0.15, 0.2) is 0 Å². The van der Waals surface area contributed by atoms with E-state index in [9.17, 15) is 14.7 Å². The monoisotopic (exact) mass is 738 g/mol. The van der Waals surface area contributed by atoms with Crippen LogP contribution in [0.5, 0.6) is 0 Å². The summed E-state index contributed by atoms with van der Waals surface area (Å²) in [5.41, 5.74) is -0.439. The van der Waals surface area contributed by atoms with E-state index in [4.69, 9.17) is 9.47 Å². The van der Waals surface area contributed by atoms with E-state index in [0.29, 0.717) is 19.6 Å². The third kappa shape index (κ3) is 33.4. The summed E-state index contributed by atoms with van der Waals surface area (Å²) in [7, 11) is 0. The predicted octanol–water partition coefficient (Wildman–Crippen LogP) is 13.3. The van der Waals surface area contributed by atoms with Crippen LogP contribution in [0.25, 0.3) is 0 Å². The van der Waals surface area contributed by atoms with Crippen LogP contribution in [0.4, 0.5) is 0 Å². The molecule has 0 aliphatic heterocycles. The summed E-state index contributed by atoms with van der Waals surface area (Å²) in [6.45, 7) is 14.3. The number of carbonyl (C=O) groups is 2. The lowest BCUT2D eigenvalue weighted by atomic mass is 9.86. The van der Waals surface area contributed by atoms with Crippen molar-refractivity contribution in [3.63, 3.8) is 0 Å². The molecule has 310 valence electrons. The van der Waals surface area contributed by atoms with Crippen LogP contribution >= 0.6 is 0 Å². The fourth-order valence-electron chi connectivity index (χ4n) is 7.16. The van der Waals surface area contributed by atoms with Crippen LogP contribution in [0.3, 0.4) is 0 Å². The number of aliphatic hydroxyl groups is 1. The lowest BCUT2D eigenvalue weighted by Crippen LogP contribution is -2.31. The highest BCUT2D eigenvalue weighted by Gasteiger charge is 2.30. The van der Waals surface area contributed by atoms with Crippen molar-refractivity contribution in [3.8, 4) is 0 Å². The molecular weight excluding hydrogens is 647 g/mol. The molecule has 0 aliphatic rings. The van der Waals surface area contributed by atoms with Gasteiger partial charge in [0.2, 0.25) is 0 Å². The molecule has 0 rings (SSSR count). The summed E-state index contributed by atoms with van der Waals surface area (Å²) in [5, 5.41) is 9.59. The van der Waals surface area contributed by atoms with Crippen LogP contribution in [0, 0.1) is 5.41 Å². The zero-order valence-electron chi connectivity index (χ0n) is 35.8. The molecule has 0 saturated heterocycles. The molecule has 0 fully saturated rings. The number of unbranched alkanes of at least 4 members (excludes halogenated alkanes) is 23. The van der Waals surface area contributed by atoms with Crippen molar-refractivity contribution in [1.82, 2.24) is 4.90 Å². The van der Waals surface area contributed by atoms with Crippen molar-refractivity contribution in [3.05, 3.63) is 0 Å². The van der Waals surface area contributed by atoms with Gasteiger partial charge in [0.05, 0.1) is 18.6 Å². The van der Waals surface area contributed by atoms with E-state index >= 15 is 0 Å². The first-order chi connectivity index (χ1) is 25.3. The van der Waals surface area contributed by atoms with Crippen molar-refractivity contribution in [2.45, 2.75) is 246 Å².